The van der Waals surface area contributed by atoms with E-state index >= 15 is 0 Å². The standard InChI is InChI=1S/C24H21NO5/c26-19(14-6-2-1-3-7-14)13-30-24(29)17-8-4-5-9-18(17)25-22(27)20-15-10-11-16(12-15)21(20)23(25)28/h1-9,15-16,20-21H,10-13H2. The maximum absolute atomic E-state index is 13.1. The topological polar surface area (TPSA) is 80.8 Å². The van der Waals surface area contributed by atoms with Crippen molar-refractivity contribution in [1.82, 2.24) is 0 Å². The van der Waals surface area contributed by atoms with Crippen LogP contribution in [0.2, 0.25) is 0 Å². The van der Waals surface area contributed by atoms with E-state index in [0.29, 0.717) is 5.56 Å². The Morgan fingerprint density at radius 3 is 2.13 bits per heavy atom. The fraction of sp³-hybridized carbons (Fsp3) is 0.333. The van der Waals surface area contributed by atoms with E-state index in [0.717, 1.165) is 19.3 Å². The van der Waals surface area contributed by atoms with E-state index < -0.39 is 12.6 Å². The predicted molar refractivity (Wildman–Crippen MR) is 108 cm³/mol. The van der Waals surface area contributed by atoms with Gasteiger partial charge in [-0.25, -0.2) is 9.69 Å². The molecule has 2 saturated carbocycles. The number of carbonyl (C=O) groups excluding carboxylic acids is 4. The Hall–Kier alpha value is -3.28. The molecule has 3 aliphatic rings. The van der Waals surface area contributed by atoms with Crippen LogP contribution in [0.1, 0.15) is 40.0 Å². The molecule has 2 aliphatic carbocycles. The number of ether oxygens (including phenoxy) is 1. The molecular formula is C24H21NO5. The highest BCUT2D eigenvalue weighted by Crippen LogP contribution is 2.56. The molecule has 2 aromatic rings. The minimum absolute atomic E-state index is 0.118. The highest BCUT2D eigenvalue weighted by Gasteiger charge is 2.61. The van der Waals surface area contributed by atoms with Gasteiger partial charge in [0.15, 0.2) is 12.4 Å². The molecule has 4 atom stereocenters. The quantitative estimate of drug-likeness (QED) is 0.435. The third kappa shape index (κ3) is 2.86. The molecule has 2 bridgehead atoms. The van der Waals surface area contributed by atoms with Crippen LogP contribution in [-0.2, 0) is 14.3 Å². The summed E-state index contributed by atoms with van der Waals surface area (Å²) in [6.07, 6.45) is 2.93. The molecule has 5 rings (SSSR count). The van der Waals surface area contributed by atoms with Gasteiger partial charge in [0.25, 0.3) is 0 Å². The highest BCUT2D eigenvalue weighted by molar-refractivity contribution is 6.24. The predicted octanol–water partition coefficient (Wildman–Crippen LogP) is 3.26. The van der Waals surface area contributed by atoms with Crippen molar-refractivity contribution in [2.24, 2.45) is 23.7 Å². The number of hydrogen-bond acceptors (Lipinski definition) is 5. The molecule has 0 aromatic heterocycles. The lowest BCUT2D eigenvalue weighted by Crippen LogP contribution is -2.34. The molecule has 1 aliphatic heterocycles. The summed E-state index contributed by atoms with van der Waals surface area (Å²) in [5.41, 5.74) is 0.817. The van der Waals surface area contributed by atoms with Crippen molar-refractivity contribution in [3.05, 3.63) is 65.7 Å². The van der Waals surface area contributed by atoms with Crippen molar-refractivity contribution in [1.29, 1.82) is 0 Å². The van der Waals surface area contributed by atoms with Crippen LogP contribution in [0.3, 0.4) is 0 Å². The second-order valence-corrected chi connectivity index (χ2v) is 8.28. The van der Waals surface area contributed by atoms with Gasteiger partial charge in [0, 0.05) is 5.56 Å². The monoisotopic (exact) mass is 403 g/mol. The van der Waals surface area contributed by atoms with Crippen LogP contribution in [0.5, 0.6) is 0 Å². The van der Waals surface area contributed by atoms with E-state index in [4.69, 9.17) is 4.74 Å². The number of para-hydroxylation sites is 1. The first-order chi connectivity index (χ1) is 14.6. The van der Waals surface area contributed by atoms with E-state index in [2.05, 4.69) is 0 Å². The minimum atomic E-state index is -0.726. The molecule has 0 radical (unpaired) electrons. The molecule has 6 nitrogen and oxygen atoms in total. The third-order valence-corrected chi connectivity index (χ3v) is 6.72. The van der Waals surface area contributed by atoms with E-state index in [9.17, 15) is 19.2 Å². The number of hydrogen-bond donors (Lipinski definition) is 0. The molecule has 2 amide bonds. The van der Waals surface area contributed by atoms with Crippen molar-refractivity contribution in [2.45, 2.75) is 19.3 Å². The van der Waals surface area contributed by atoms with Crippen molar-refractivity contribution >= 4 is 29.3 Å². The molecule has 1 saturated heterocycles. The average Bonchev–Trinajstić information content (AvgIpc) is 3.46. The van der Waals surface area contributed by atoms with Gasteiger partial charge in [0.2, 0.25) is 11.8 Å². The van der Waals surface area contributed by atoms with Crippen LogP contribution >= 0.6 is 0 Å². The van der Waals surface area contributed by atoms with Gasteiger partial charge in [-0.3, -0.25) is 14.4 Å². The number of amides is 2. The van der Waals surface area contributed by atoms with Crippen LogP contribution in [0.4, 0.5) is 5.69 Å². The van der Waals surface area contributed by atoms with E-state index in [-0.39, 0.29) is 52.5 Å². The second-order valence-electron chi connectivity index (χ2n) is 8.28. The first kappa shape index (κ1) is 18.7. The van der Waals surface area contributed by atoms with E-state index in [1.165, 1.54) is 11.0 Å². The summed E-state index contributed by atoms with van der Waals surface area (Å²) < 4.78 is 5.23. The van der Waals surface area contributed by atoms with Gasteiger partial charge in [0.1, 0.15) is 0 Å². The lowest BCUT2D eigenvalue weighted by Gasteiger charge is -2.19. The lowest BCUT2D eigenvalue weighted by atomic mass is 9.81. The Labute approximate surface area is 173 Å². The summed E-state index contributed by atoms with van der Waals surface area (Å²) in [5, 5.41) is 0. The summed E-state index contributed by atoms with van der Waals surface area (Å²) in [7, 11) is 0. The maximum Gasteiger partial charge on any atom is 0.340 e. The zero-order chi connectivity index (χ0) is 20.8. The van der Waals surface area contributed by atoms with E-state index in [1.54, 1.807) is 48.5 Å². The van der Waals surface area contributed by atoms with Crippen molar-refractivity contribution in [3.8, 4) is 0 Å². The van der Waals surface area contributed by atoms with Gasteiger partial charge in [-0.05, 0) is 43.2 Å². The number of Topliss-reactive ketones (excluding diaryl/α,β-unsaturated/α-hetero) is 1. The number of nitrogens with zero attached hydrogens (tertiary/aromatic N) is 1. The van der Waals surface area contributed by atoms with Crippen molar-refractivity contribution < 1.29 is 23.9 Å². The fourth-order valence-corrected chi connectivity index (χ4v) is 5.40. The highest BCUT2D eigenvalue weighted by atomic mass is 16.5. The summed E-state index contributed by atoms with van der Waals surface area (Å²) >= 11 is 0. The number of carbonyl (C=O) groups is 4. The molecule has 6 heteroatoms. The minimum Gasteiger partial charge on any atom is -0.454 e. The largest absolute Gasteiger partial charge is 0.454 e. The Bertz CT molecular complexity index is 1020. The molecule has 0 spiro atoms. The smallest absolute Gasteiger partial charge is 0.340 e. The Morgan fingerprint density at radius 2 is 1.47 bits per heavy atom. The molecule has 152 valence electrons. The number of benzene rings is 2. The van der Waals surface area contributed by atoms with Gasteiger partial charge in [0.05, 0.1) is 23.1 Å². The maximum atomic E-state index is 13.1. The first-order valence-corrected chi connectivity index (χ1v) is 10.3. The third-order valence-electron chi connectivity index (χ3n) is 6.72. The van der Waals surface area contributed by atoms with Crippen molar-refractivity contribution in [2.75, 3.05) is 11.5 Å². The molecule has 1 heterocycles. The van der Waals surface area contributed by atoms with Crippen LogP contribution in [-0.4, -0.2) is 30.2 Å². The summed E-state index contributed by atoms with van der Waals surface area (Å²) in [5.74, 6) is -1.46. The summed E-state index contributed by atoms with van der Waals surface area (Å²) in [6.45, 7) is -0.408. The van der Waals surface area contributed by atoms with Gasteiger partial charge in [-0.1, -0.05) is 42.5 Å². The van der Waals surface area contributed by atoms with E-state index in [1.807, 2.05) is 0 Å². The summed E-state index contributed by atoms with van der Waals surface area (Å²) in [4.78, 5) is 52.4. The van der Waals surface area contributed by atoms with Crippen LogP contribution in [0, 0.1) is 23.7 Å². The molecule has 2 aromatic carbocycles. The average molecular weight is 403 g/mol. The zero-order valence-electron chi connectivity index (χ0n) is 16.3. The number of anilines is 1. The van der Waals surface area contributed by atoms with Crippen LogP contribution < -0.4 is 4.90 Å². The molecular weight excluding hydrogens is 382 g/mol. The number of esters is 1. The SMILES string of the molecule is O=C(COC(=O)c1ccccc1N1C(=O)C2C3CCC(C3)C2C1=O)c1ccccc1. The van der Waals surface area contributed by atoms with Crippen LogP contribution in [0.15, 0.2) is 54.6 Å². The second kappa shape index (κ2) is 7.20. The zero-order valence-corrected chi connectivity index (χ0v) is 16.3. The molecule has 0 N–H and O–H groups in total. The van der Waals surface area contributed by atoms with Gasteiger partial charge >= 0.3 is 5.97 Å². The number of rotatable bonds is 5. The molecule has 4 unspecified atom stereocenters. The molecule has 30 heavy (non-hydrogen) atoms. The number of ketones is 1. The Balaban J connectivity index is 1.37. The Morgan fingerprint density at radius 1 is 0.867 bits per heavy atom. The normalized spacial score (nSPS) is 26.7. The lowest BCUT2D eigenvalue weighted by molar-refractivity contribution is -0.123. The van der Waals surface area contributed by atoms with Gasteiger partial charge in [-0.15, -0.1) is 0 Å². The summed E-state index contributed by atoms with van der Waals surface area (Å²) in [6, 6.07) is 15.0. The van der Waals surface area contributed by atoms with Gasteiger partial charge < -0.3 is 4.74 Å². The van der Waals surface area contributed by atoms with Crippen LogP contribution in [0.25, 0.3) is 0 Å². The van der Waals surface area contributed by atoms with Gasteiger partial charge in [-0.2, -0.15) is 0 Å². The van der Waals surface area contributed by atoms with Crippen molar-refractivity contribution in [3.63, 3.8) is 0 Å². The number of imide groups is 1. The Kier molecular flexibility index (Phi) is 4.50. The molecule has 3 fully saturated rings. The fourth-order valence-electron chi connectivity index (χ4n) is 5.40. The number of fused-ring (bicyclic) bond motifs is 5. The first-order valence-electron chi connectivity index (χ1n) is 10.3.